The fraction of sp³-hybridized carbons (Fsp3) is 0.0909. The van der Waals surface area contributed by atoms with Gasteiger partial charge in [-0.2, -0.15) is 5.26 Å². The maximum Gasteiger partial charge on any atom is 0.174 e. The lowest BCUT2D eigenvalue weighted by molar-refractivity contribution is -0.104. The molecule has 0 spiro atoms. The number of rotatable bonds is 4. The second-order valence-electron chi connectivity index (χ2n) is 2.48. The highest BCUT2D eigenvalue weighted by Gasteiger charge is 1.97. The highest BCUT2D eigenvalue weighted by molar-refractivity contribution is 5.75. The normalized spacial score (nSPS) is 9.64. The lowest BCUT2D eigenvalue weighted by Gasteiger charge is -2.04. The van der Waals surface area contributed by atoms with Gasteiger partial charge in [0.1, 0.15) is 18.1 Å². The zero-order chi connectivity index (χ0) is 10.2. The molecule has 0 saturated heterocycles. The number of carbonyl (C=O) groups is 1. The van der Waals surface area contributed by atoms with Gasteiger partial charge in [-0.25, -0.2) is 0 Å². The Balaban J connectivity index is 2.86. The molecule has 0 aliphatic rings. The first-order chi connectivity index (χ1) is 6.88. The minimum absolute atomic E-state index is 0.00590. The largest absolute Gasteiger partial charge is 0.478 e. The molecule has 70 valence electrons. The van der Waals surface area contributed by atoms with Gasteiger partial charge in [-0.3, -0.25) is 4.79 Å². The highest BCUT2D eigenvalue weighted by Crippen LogP contribution is 2.18. The van der Waals surface area contributed by atoms with Gasteiger partial charge < -0.3 is 4.74 Å². The van der Waals surface area contributed by atoms with E-state index in [0.29, 0.717) is 12.0 Å². The van der Waals surface area contributed by atoms with E-state index in [4.69, 9.17) is 10.00 Å². The van der Waals surface area contributed by atoms with Gasteiger partial charge in [-0.15, -0.1) is 0 Å². The number of hydrogen-bond donors (Lipinski definition) is 0. The van der Waals surface area contributed by atoms with Gasteiger partial charge in [0, 0.05) is 5.56 Å². The average Bonchev–Trinajstić information content (AvgIpc) is 2.24. The van der Waals surface area contributed by atoms with Crippen LogP contribution in [0, 0.1) is 11.3 Å². The maximum atomic E-state index is 10.1. The molecule has 3 nitrogen and oxygen atoms in total. The van der Waals surface area contributed by atoms with Crippen LogP contribution in [0.1, 0.15) is 5.56 Å². The summed E-state index contributed by atoms with van der Waals surface area (Å²) < 4.78 is 5.16. The van der Waals surface area contributed by atoms with Crippen molar-refractivity contribution < 1.29 is 9.53 Å². The number of carbonyl (C=O) groups excluding carboxylic acids is 1. The molecule has 0 unspecified atom stereocenters. The highest BCUT2D eigenvalue weighted by atomic mass is 16.5. The number of para-hydroxylation sites is 1. The van der Waals surface area contributed by atoms with E-state index in [1.165, 1.54) is 6.08 Å². The molecule has 0 fully saturated rings. The predicted octanol–water partition coefficient (Wildman–Crippen LogP) is 1.80. The molecule has 14 heavy (non-hydrogen) atoms. The van der Waals surface area contributed by atoms with Crippen molar-refractivity contribution in [3.05, 3.63) is 35.9 Å². The van der Waals surface area contributed by atoms with Crippen molar-refractivity contribution in [2.24, 2.45) is 0 Å². The molecule has 0 aromatic heterocycles. The van der Waals surface area contributed by atoms with Gasteiger partial charge in [-0.1, -0.05) is 18.2 Å². The minimum atomic E-state index is 0.00590. The number of hydrogen-bond acceptors (Lipinski definition) is 3. The second kappa shape index (κ2) is 5.55. The van der Waals surface area contributed by atoms with Crippen molar-refractivity contribution in [1.29, 1.82) is 5.26 Å². The summed E-state index contributed by atoms with van der Waals surface area (Å²) in [5, 5.41) is 8.35. The quantitative estimate of drug-likeness (QED) is 0.533. The molecule has 3 heteroatoms. The number of benzene rings is 1. The first kappa shape index (κ1) is 10.0. The number of aldehydes is 1. The van der Waals surface area contributed by atoms with Crippen LogP contribution >= 0.6 is 0 Å². The van der Waals surface area contributed by atoms with Crippen LogP contribution in [0.4, 0.5) is 0 Å². The summed E-state index contributed by atoms with van der Waals surface area (Å²) in [6.45, 7) is 0.00590. The summed E-state index contributed by atoms with van der Waals surface area (Å²) in [6.07, 6.45) is 3.72. The molecule has 0 saturated carbocycles. The zero-order valence-electron chi connectivity index (χ0n) is 7.51. The molecule has 0 atom stereocenters. The van der Waals surface area contributed by atoms with E-state index < -0.39 is 0 Å². The van der Waals surface area contributed by atoms with Crippen LogP contribution < -0.4 is 4.74 Å². The average molecular weight is 187 g/mol. The summed E-state index contributed by atoms with van der Waals surface area (Å²) in [7, 11) is 0. The van der Waals surface area contributed by atoms with Crippen LogP contribution in [0.3, 0.4) is 0 Å². The third-order valence-corrected chi connectivity index (χ3v) is 1.57. The fourth-order valence-corrected chi connectivity index (χ4v) is 1.00. The summed E-state index contributed by atoms with van der Waals surface area (Å²) in [5.41, 5.74) is 0.787. The van der Waals surface area contributed by atoms with Crippen molar-refractivity contribution in [2.75, 3.05) is 6.61 Å². The Kier molecular flexibility index (Phi) is 3.96. The summed E-state index contributed by atoms with van der Waals surface area (Å²) in [5.74, 6) is 0.604. The topological polar surface area (TPSA) is 50.1 Å². The summed E-state index contributed by atoms with van der Waals surface area (Å²) in [6, 6.07) is 9.10. The van der Waals surface area contributed by atoms with Gasteiger partial charge in [0.2, 0.25) is 0 Å². The maximum absolute atomic E-state index is 10.1. The number of allylic oxidation sites excluding steroid dienone is 1. The number of nitrogens with zero attached hydrogens (tertiary/aromatic N) is 1. The Bertz CT molecular complexity index is 377. The molecule has 0 aliphatic heterocycles. The van der Waals surface area contributed by atoms with Crippen LogP contribution in [0.25, 0.3) is 6.08 Å². The molecule has 0 aliphatic carbocycles. The SMILES string of the molecule is N#CCOc1ccccc1C=CC=O. The molecule has 0 bridgehead atoms. The van der Waals surface area contributed by atoms with E-state index in [1.807, 2.05) is 24.3 Å². The van der Waals surface area contributed by atoms with Crippen LogP contribution in [0.2, 0.25) is 0 Å². The van der Waals surface area contributed by atoms with Crippen molar-refractivity contribution in [3.63, 3.8) is 0 Å². The van der Waals surface area contributed by atoms with Crippen molar-refractivity contribution in [1.82, 2.24) is 0 Å². The number of ether oxygens (including phenoxy) is 1. The molecule has 0 amide bonds. The molecule has 1 rings (SSSR count). The van der Waals surface area contributed by atoms with E-state index in [9.17, 15) is 4.79 Å². The van der Waals surface area contributed by atoms with E-state index in [2.05, 4.69) is 0 Å². The number of nitriles is 1. The Hall–Kier alpha value is -2.08. The molecular weight excluding hydrogens is 178 g/mol. The third-order valence-electron chi connectivity index (χ3n) is 1.57. The van der Waals surface area contributed by atoms with E-state index in [1.54, 1.807) is 12.1 Å². The second-order valence-corrected chi connectivity index (χ2v) is 2.48. The van der Waals surface area contributed by atoms with E-state index >= 15 is 0 Å². The van der Waals surface area contributed by atoms with Crippen molar-refractivity contribution in [3.8, 4) is 11.8 Å². The van der Waals surface area contributed by atoms with Crippen molar-refractivity contribution in [2.45, 2.75) is 0 Å². The monoisotopic (exact) mass is 187 g/mol. The Morgan fingerprint density at radius 1 is 1.43 bits per heavy atom. The zero-order valence-corrected chi connectivity index (χ0v) is 7.51. The fourth-order valence-electron chi connectivity index (χ4n) is 1.00. The molecule has 1 aromatic carbocycles. The van der Waals surface area contributed by atoms with Crippen LogP contribution in [0.15, 0.2) is 30.3 Å². The Morgan fingerprint density at radius 3 is 2.93 bits per heavy atom. The van der Waals surface area contributed by atoms with Crippen LogP contribution in [-0.2, 0) is 4.79 Å². The minimum Gasteiger partial charge on any atom is -0.478 e. The van der Waals surface area contributed by atoms with Gasteiger partial charge in [-0.05, 0) is 18.2 Å². The molecule has 0 N–H and O–H groups in total. The van der Waals surface area contributed by atoms with Gasteiger partial charge in [0.25, 0.3) is 0 Å². The Morgan fingerprint density at radius 2 is 2.21 bits per heavy atom. The lowest BCUT2D eigenvalue weighted by Crippen LogP contribution is -1.94. The smallest absolute Gasteiger partial charge is 0.174 e. The lowest BCUT2D eigenvalue weighted by atomic mass is 10.2. The van der Waals surface area contributed by atoms with Crippen LogP contribution in [-0.4, -0.2) is 12.9 Å². The third kappa shape index (κ3) is 2.76. The van der Waals surface area contributed by atoms with Crippen molar-refractivity contribution >= 4 is 12.4 Å². The van der Waals surface area contributed by atoms with Gasteiger partial charge in [0.15, 0.2) is 6.61 Å². The summed E-state index contributed by atoms with van der Waals surface area (Å²) >= 11 is 0. The standard InChI is InChI=1S/C11H9NO2/c12-7-9-14-11-6-2-1-4-10(11)5-3-8-13/h1-6,8H,9H2. The molecule has 1 aromatic rings. The molecule has 0 heterocycles. The van der Waals surface area contributed by atoms with Gasteiger partial charge in [0.05, 0.1) is 0 Å². The molecular formula is C11H9NO2. The first-order valence-electron chi connectivity index (χ1n) is 4.09. The Labute approximate surface area is 82.2 Å². The van der Waals surface area contributed by atoms with Crippen LogP contribution in [0.5, 0.6) is 5.75 Å². The van der Waals surface area contributed by atoms with Gasteiger partial charge >= 0.3 is 0 Å². The first-order valence-corrected chi connectivity index (χ1v) is 4.09. The predicted molar refractivity (Wildman–Crippen MR) is 52.6 cm³/mol. The van der Waals surface area contributed by atoms with E-state index in [-0.39, 0.29) is 6.61 Å². The molecule has 0 radical (unpaired) electrons. The summed E-state index contributed by atoms with van der Waals surface area (Å²) in [4.78, 5) is 10.1. The van der Waals surface area contributed by atoms with E-state index in [0.717, 1.165) is 5.56 Å².